The van der Waals surface area contributed by atoms with E-state index in [9.17, 15) is 4.79 Å². The number of carbonyl (C=O) groups excluding carboxylic acids is 1. The SMILES string of the molecule is COc1ccc(-c2noc(CCNC(=O)c3ccccn3)n2)cc1. The van der Waals surface area contributed by atoms with E-state index in [-0.39, 0.29) is 5.91 Å². The predicted molar refractivity (Wildman–Crippen MR) is 86.6 cm³/mol. The van der Waals surface area contributed by atoms with Gasteiger partial charge in [0.15, 0.2) is 0 Å². The van der Waals surface area contributed by atoms with Crippen LogP contribution >= 0.6 is 0 Å². The van der Waals surface area contributed by atoms with Crippen LogP contribution in [0.3, 0.4) is 0 Å². The molecule has 0 radical (unpaired) electrons. The smallest absolute Gasteiger partial charge is 0.269 e. The summed E-state index contributed by atoms with van der Waals surface area (Å²) in [5, 5.41) is 6.71. The minimum atomic E-state index is -0.231. The summed E-state index contributed by atoms with van der Waals surface area (Å²) in [7, 11) is 1.61. The molecule has 0 saturated heterocycles. The van der Waals surface area contributed by atoms with Crippen LogP contribution in [-0.2, 0) is 6.42 Å². The molecule has 122 valence electrons. The van der Waals surface area contributed by atoms with Crippen molar-refractivity contribution in [2.24, 2.45) is 0 Å². The second-order valence-electron chi connectivity index (χ2n) is 4.96. The summed E-state index contributed by atoms with van der Waals surface area (Å²) in [5.41, 5.74) is 1.21. The van der Waals surface area contributed by atoms with Gasteiger partial charge in [-0.3, -0.25) is 9.78 Å². The quantitative estimate of drug-likeness (QED) is 0.747. The lowest BCUT2D eigenvalue weighted by Gasteiger charge is -2.01. The van der Waals surface area contributed by atoms with Gasteiger partial charge in [-0.1, -0.05) is 11.2 Å². The van der Waals surface area contributed by atoms with Crippen LogP contribution in [0.4, 0.5) is 0 Å². The third-order valence-corrected chi connectivity index (χ3v) is 3.34. The van der Waals surface area contributed by atoms with E-state index in [2.05, 4.69) is 20.4 Å². The van der Waals surface area contributed by atoms with E-state index in [4.69, 9.17) is 9.26 Å². The fraction of sp³-hybridized carbons (Fsp3) is 0.176. The zero-order valence-electron chi connectivity index (χ0n) is 13.1. The average Bonchev–Trinajstić information content (AvgIpc) is 3.11. The molecule has 1 aromatic carbocycles. The van der Waals surface area contributed by atoms with Crippen molar-refractivity contribution in [2.45, 2.75) is 6.42 Å². The van der Waals surface area contributed by atoms with E-state index in [1.54, 1.807) is 31.5 Å². The summed E-state index contributed by atoms with van der Waals surface area (Å²) in [5.74, 6) is 1.50. The minimum Gasteiger partial charge on any atom is -0.497 e. The largest absolute Gasteiger partial charge is 0.497 e. The highest BCUT2D eigenvalue weighted by Gasteiger charge is 2.10. The number of methoxy groups -OCH3 is 1. The number of hydrogen-bond donors (Lipinski definition) is 1. The Morgan fingerprint density at radius 2 is 2.04 bits per heavy atom. The van der Waals surface area contributed by atoms with Crippen LogP contribution in [0.25, 0.3) is 11.4 Å². The van der Waals surface area contributed by atoms with E-state index in [1.807, 2.05) is 24.3 Å². The van der Waals surface area contributed by atoms with Crippen molar-refractivity contribution in [3.05, 3.63) is 60.2 Å². The summed E-state index contributed by atoms with van der Waals surface area (Å²) in [4.78, 5) is 20.2. The Labute approximate surface area is 138 Å². The molecule has 0 fully saturated rings. The van der Waals surface area contributed by atoms with Crippen molar-refractivity contribution in [3.63, 3.8) is 0 Å². The molecule has 2 aromatic heterocycles. The fourth-order valence-corrected chi connectivity index (χ4v) is 2.08. The number of rotatable bonds is 6. The number of carbonyl (C=O) groups is 1. The molecule has 0 saturated carbocycles. The van der Waals surface area contributed by atoms with E-state index >= 15 is 0 Å². The Bertz CT molecular complexity index is 800. The fourth-order valence-electron chi connectivity index (χ4n) is 2.08. The molecular weight excluding hydrogens is 308 g/mol. The highest BCUT2D eigenvalue weighted by Crippen LogP contribution is 2.19. The van der Waals surface area contributed by atoms with Gasteiger partial charge in [0, 0.05) is 24.7 Å². The van der Waals surface area contributed by atoms with Crippen molar-refractivity contribution in [1.82, 2.24) is 20.4 Å². The third kappa shape index (κ3) is 3.75. The maximum atomic E-state index is 11.9. The van der Waals surface area contributed by atoms with E-state index in [1.165, 1.54) is 0 Å². The number of pyridine rings is 1. The van der Waals surface area contributed by atoms with Crippen molar-refractivity contribution in [2.75, 3.05) is 13.7 Å². The van der Waals surface area contributed by atoms with Gasteiger partial charge < -0.3 is 14.6 Å². The van der Waals surface area contributed by atoms with E-state index in [0.717, 1.165) is 11.3 Å². The molecule has 24 heavy (non-hydrogen) atoms. The van der Waals surface area contributed by atoms with Gasteiger partial charge in [-0.05, 0) is 36.4 Å². The van der Waals surface area contributed by atoms with Gasteiger partial charge >= 0.3 is 0 Å². The Hall–Kier alpha value is -3.22. The number of amides is 1. The topological polar surface area (TPSA) is 90.1 Å². The maximum absolute atomic E-state index is 11.9. The molecule has 0 unspecified atom stereocenters. The lowest BCUT2D eigenvalue weighted by molar-refractivity contribution is 0.0948. The number of nitrogens with one attached hydrogen (secondary N) is 1. The van der Waals surface area contributed by atoms with Crippen LogP contribution in [0.2, 0.25) is 0 Å². The highest BCUT2D eigenvalue weighted by molar-refractivity contribution is 5.92. The average molecular weight is 324 g/mol. The van der Waals surface area contributed by atoms with E-state index < -0.39 is 0 Å². The zero-order valence-corrected chi connectivity index (χ0v) is 13.1. The first kappa shape index (κ1) is 15.7. The summed E-state index contributed by atoms with van der Waals surface area (Å²) >= 11 is 0. The van der Waals surface area contributed by atoms with Gasteiger partial charge in [0.1, 0.15) is 11.4 Å². The molecule has 0 atom stereocenters. The molecule has 1 amide bonds. The van der Waals surface area contributed by atoms with Crippen molar-refractivity contribution in [3.8, 4) is 17.1 Å². The molecule has 7 nitrogen and oxygen atoms in total. The number of nitrogens with zero attached hydrogens (tertiary/aromatic N) is 3. The molecule has 0 spiro atoms. The number of ether oxygens (including phenoxy) is 1. The lowest BCUT2D eigenvalue weighted by Crippen LogP contribution is -2.26. The Morgan fingerprint density at radius 3 is 2.75 bits per heavy atom. The van der Waals surface area contributed by atoms with Crippen LogP contribution in [0.5, 0.6) is 5.75 Å². The molecular formula is C17H16N4O3. The summed E-state index contributed by atoms with van der Waals surface area (Å²) in [6.07, 6.45) is 2.02. The van der Waals surface area contributed by atoms with Crippen LogP contribution in [0.1, 0.15) is 16.4 Å². The first-order valence-corrected chi connectivity index (χ1v) is 7.42. The van der Waals surface area contributed by atoms with Crippen LogP contribution < -0.4 is 10.1 Å². The minimum absolute atomic E-state index is 0.231. The molecule has 0 bridgehead atoms. The van der Waals surface area contributed by atoms with Crippen LogP contribution in [0.15, 0.2) is 53.2 Å². The first-order chi connectivity index (χ1) is 11.8. The maximum Gasteiger partial charge on any atom is 0.269 e. The standard InChI is InChI=1S/C17H16N4O3/c1-23-13-7-5-12(6-8-13)16-20-15(24-21-16)9-11-19-17(22)14-4-2-3-10-18-14/h2-8,10H,9,11H2,1H3,(H,19,22). The second kappa shape index (κ2) is 7.36. The van der Waals surface area contributed by atoms with Crippen molar-refractivity contribution < 1.29 is 14.1 Å². The van der Waals surface area contributed by atoms with E-state index in [0.29, 0.717) is 30.4 Å². The molecule has 3 rings (SSSR count). The van der Waals surface area contributed by atoms with Crippen LogP contribution in [0, 0.1) is 0 Å². The molecule has 0 aliphatic heterocycles. The molecule has 2 heterocycles. The van der Waals surface area contributed by atoms with Crippen molar-refractivity contribution >= 4 is 5.91 Å². The van der Waals surface area contributed by atoms with Crippen LogP contribution in [-0.4, -0.2) is 34.7 Å². The summed E-state index contributed by atoms with van der Waals surface area (Å²) in [6, 6.07) is 12.6. The Balaban J connectivity index is 1.55. The molecule has 7 heteroatoms. The number of hydrogen-bond acceptors (Lipinski definition) is 6. The monoisotopic (exact) mass is 324 g/mol. The van der Waals surface area contributed by atoms with Gasteiger partial charge in [-0.15, -0.1) is 0 Å². The van der Waals surface area contributed by atoms with Gasteiger partial charge in [-0.25, -0.2) is 0 Å². The highest BCUT2D eigenvalue weighted by atomic mass is 16.5. The van der Waals surface area contributed by atoms with Gasteiger partial charge in [0.05, 0.1) is 7.11 Å². The Kier molecular flexibility index (Phi) is 4.81. The third-order valence-electron chi connectivity index (χ3n) is 3.34. The number of aromatic nitrogens is 3. The first-order valence-electron chi connectivity index (χ1n) is 7.42. The molecule has 3 aromatic rings. The van der Waals surface area contributed by atoms with Gasteiger partial charge in [0.25, 0.3) is 5.91 Å². The lowest BCUT2D eigenvalue weighted by atomic mass is 10.2. The van der Waals surface area contributed by atoms with Gasteiger partial charge in [-0.2, -0.15) is 4.98 Å². The zero-order chi connectivity index (χ0) is 16.8. The summed E-state index contributed by atoms with van der Waals surface area (Å²) < 4.78 is 10.3. The summed E-state index contributed by atoms with van der Waals surface area (Å²) in [6.45, 7) is 0.389. The van der Waals surface area contributed by atoms with Gasteiger partial charge in [0.2, 0.25) is 11.7 Å². The predicted octanol–water partition coefficient (Wildman–Crippen LogP) is 2.11. The molecule has 0 aliphatic carbocycles. The Morgan fingerprint density at radius 1 is 1.21 bits per heavy atom. The molecule has 0 aliphatic rings. The number of benzene rings is 1. The normalized spacial score (nSPS) is 10.4. The second-order valence-corrected chi connectivity index (χ2v) is 4.96. The van der Waals surface area contributed by atoms with Crippen molar-refractivity contribution in [1.29, 1.82) is 0 Å². The molecule has 1 N–H and O–H groups in total.